The zero-order valence-corrected chi connectivity index (χ0v) is 9.65. The molecule has 0 atom stereocenters. The molecule has 0 aromatic heterocycles. The smallest absolute Gasteiger partial charge is 0.311 e. The fourth-order valence-corrected chi connectivity index (χ4v) is 1.44. The van der Waals surface area contributed by atoms with E-state index in [1.807, 2.05) is 0 Å². The van der Waals surface area contributed by atoms with Crippen molar-refractivity contribution in [2.45, 2.75) is 0 Å². The first-order chi connectivity index (χ1) is 9.06. The minimum atomic E-state index is -0.676. The third kappa shape index (κ3) is 3.12. The van der Waals surface area contributed by atoms with Crippen molar-refractivity contribution in [2.75, 3.05) is 0 Å². The summed E-state index contributed by atoms with van der Waals surface area (Å²) >= 11 is 0. The highest BCUT2D eigenvalue weighted by atomic mass is 19.1. The van der Waals surface area contributed by atoms with Gasteiger partial charge >= 0.3 is 5.69 Å². The van der Waals surface area contributed by atoms with Crippen LogP contribution in [0.25, 0.3) is 0 Å². The van der Waals surface area contributed by atoms with E-state index in [1.54, 1.807) is 0 Å². The van der Waals surface area contributed by atoms with Gasteiger partial charge in [0.1, 0.15) is 5.82 Å². The van der Waals surface area contributed by atoms with Crippen LogP contribution < -0.4 is 0 Å². The summed E-state index contributed by atoms with van der Waals surface area (Å²) in [6.45, 7) is 0. The first kappa shape index (κ1) is 12.7. The average Bonchev–Trinajstić information content (AvgIpc) is 2.39. The number of rotatable bonds is 3. The summed E-state index contributed by atoms with van der Waals surface area (Å²) < 4.78 is 12.7. The molecule has 0 aliphatic carbocycles. The third-order valence-corrected chi connectivity index (χ3v) is 2.39. The summed E-state index contributed by atoms with van der Waals surface area (Å²) in [6, 6.07) is 9.45. The molecule has 0 saturated carbocycles. The molecule has 96 valence electrons. The fraction of sp³-hybridized carbons (Fsp3) is 0. The lowest BCUT2D eigenvalue weighted by Gasteiger charge is -1.97. The monoisotopic (exact) mass is 260 g/mol. The molecule has 2 aromatic rings. The first-order valence-corrected chi connectivity index (χ1v) is 5.33. The van der Waals surface area contributed by atoms with Crippen LogP contribution in [0.2, 0.25) is 0 Å². The quantitative estimate of drug-likeness (QED) is 0.523. The lowest BCUT2D eigenvalue weighted by molar-refractivity contribution is -0.385. The summed E-state index contributed by atoms with van der Waals surface area (Å²) in [4.78, 5) is 14.0. The molecule has 0 aliphatic rings. The number of nitro groups is 1. The predicted molar refractivity (Wildman–Crippen MR) is 68.4 cm³/mol. The van der Waals surface area contributed by atoms with Crippen molar-refractivity contribution in [3.63, 3.8) is 0 Å². The van der Waals surface area contributed by atoms with Crippen LogP contribution in [0.15, 0.2) is 47.5 Å². The Morgan fingerprint density at radius 3 is 2.53 bits per heavy atom. The van der Waals surface area contributed by atoms with E-state index in [-0.39, 0.29) is 11.5 Å². The van der Waals surface area contributed by atoms with Gasteiger partial charge in [0.25, 0.3) is 0 Å². The second-order valence-corrected chi connectivity index (χ2v) is 3.74. The number of hydrogen-bond donors (Lipinski definition) is 1. The van der Waals surface area contributed by atoms with Gasteiger partial charge in [0, 0.05) is 12.3 Å². The maximum absolute atomic E-state index is 12.7. The van der Waals surface area contributed by atoms with E-state index in [4.69, 9.17) is 0 Å². The largest absolute Gasteiger partial charge is 0.502 e. The Morgan fingerprint density at radius 1 is 1.21 bits per heavy atom. The summed E-state index contributed by atoms with van der Waals surface area (Å²) in [5.74, 6) is -0.761. The van der Waals surface area contributed by atoms with Crippen molar-refractivity contribution in [1.29, 1.82) is 0 Å². The molecule has 5 nitrogen and oxygen atoms in total. The van der Waals surface area contributed by atoms with Crippen molar-refractivity contribution in [2.24, 2.45) is 4.99 Å². The van der Waals surface area contributed by atoms with Crippen LogP contribution in [0.1, 0.15) is 5.56 Å². The van der Waals surface area contributed by atoms with Gasteiger partial charge < -0.3 is 5.11 Å². The number of nitrogens with zero attached hydrogens (tertiary/aromatic N) is 2. The number of halogens is 1. The Hall–Kier alpha value is -2.76. The summed E-state index contributed by atoms with van der Waals surface area (Å²) in [5, 5.41) is 19.9. The molecule has 0 spiro atoms. The molecular formula is C13H9FN2O3. The number of aromatic hydroxyl groups is 1. The van der Waals surface area contributed by atoms with Gasteiger partial charge in [-0.25, -0.2) is 4.39 Å². The molecule has 1 N–H and O–H groups in total. The molecule has 0 saturated heterocycles. The normalized spacial score (nSPS) is 10.8. The van der Waals surface area contributed by atoms with Crippen molar-refractivity contribution >= 4 is 17.6 Å². The molecule has 0 fully saturated rings. The van der Waals surface area contributed by atoms with Crippen molar-refractivity contribution in [3.8, 4) is 5.75 Å². The Labute approximate surface area is 107 Å². The van der Waals surface area contributed by atoms with Crippen LogP contribution in [0, 0.1) is 15.9 Å². The zero-order valence-electron chi connectivity index (χ0n) is 9.65. The van der Waals surface area contributed by atoms with E-state index in [0.29, 0.717) is 11.3 Å². The van der Waals surface area contributed by atoms with Crippen LogP contribution in [-0.2, 0) is 0 Å². The first-order valence-electron chi connectivity index (χ1n) is 5.33. The van der Waals surface area contributed by atoms with Gasteiger partial charge in [0.15, 0.2) is 5.75 Å². The number of hydrogen-bond acceptors (Lipinski definition) is 4. The molecule has 2 rings (SSSR count). The molecule has 6 heteroatoms. The van der Waals surface area contributed by atoms with Gasteiger partial charge in [-0.3, -0.25) is 15.1 Å². The lowest BCUT2D eigenvalue weighted by atomic mass is 10.2. The maximum Gasteiger partial charge on any atom is 0.311 e. The number of benzene rings is 2. The topological polar surface area (TPSA) is 75.7 Å². The van der Waals surface area contributed by atoms with Crippen LogP contribution in [-0.4, -0.2) is 16.2 Å². The third-order valence-electron chi connectivity index (χ3n) is 2.39. The lowest BCUT2D eigenvalue weighted by Crippen LogP contribution is -1.90. The van der Waals surface area contributed by atoms with E-state index < -0.39 is 10.7 Å². The molecule has 2 aromatic carbocycles. The molecule has 0 aliphatic heterocycles. The van der Waals surface area contributed by atoms with Crippen LogP contribution in [0.3, 0.4) is 0 Å². The molecule has 0 amide bonds. The van der Waals surface area contributed by atoms with E-state index in [1.165, 1.54) is 48.7 Å². The number of nitro benzene ring substituents is 1. The Bertz CT molecular complexity index is 639. The average molecular weight is 260 g/mol. The Morgan fingerprint density at radius 2 is 1.89 bits per heavy atom. The summed E-state index contributed by atoms with van der Waals surface area (Å²) in [6.07, 6.45) is 1.40. The fourth-order valence-electron chi connectivity index (χ4n) is 1.44. The Kier molecular flexibility index (Phi) is 3.51. The summed E-state index contributed by atoms with van der Waals surface area (Å²) in [7, 11) is 0. The van der Waals surface area contributed by atoms with Crippen LogP contribution >= 0.6 is 0 Å². The standard InChI is InChI=1S/C13H9FN2O3/c14-10-2-4-11(5-3-10)15-8-9-1-6-13(17)12(7-9)16(18)19/h1-8,17H. The van der Waals surface area contributed by atoms with Gasteiger partial charge in [0.2, 0.25) is 0 Å². The molecule has 0 radical (unpaired) electrons. The van der Waals surface area contributed by atoms with Gasteiger partial charge in [-0.2, -0.15) is 0 Å². The minimum Gasteiger partial charge on any atom is -0.502 e. The van der Waals surface area contributed by atoms with Crippen molar-refractivity contribution in [1.82, 2.24) is 0 Å². The van der Waals surface area contributed by atoms with E-state index in [2.05, 4.69) is 4.99 Å². The highest BCUT2D eigenvalue weighted by molar-refractivity contribution is 5.83. The van der Waals surface area contributed by atoms with Gasteiger partial charge in [-0.15, -0.1) is 0 Å². The second kappa shape index (κ2) is 5.26. The second-order valence-electron chi connectivity index (χ2n) is 3.74. The molecule has 19 heavy (non-hydrogen) atoms. The van der Waals surface area contributed by atoms with E-state index in [9.17, 15) is 19.6 Å². The van der Waals surface area contributed by atoms with E-state index >= 15 is 0 Å². The van der Waals surface area contributed by atoms with Crippen molar-refractivity contribution < 1.29 is 14.4 Å². The van der Waals surface area contributed by atoms with Gasteiger partial charge in [-0.05, 0) is 42.0 Å². The zero-order chi connectivity index (χ0) is 13.8. The molecule has 0 unspecified atom stereocenters. The minimum absolute atomic E-state index is 0.362. The SMILES string of the molecule is O=[N+]([O-])c1cc(C=Nc2ccc(F)cc2)ccc1O. The Balaban J connectivity index is 2.26. The van der Waals surface area contributed by atoms with Gasteiger partial charge in [0.05, 0.1) is 10.6 Å². The maximum atomic E-state index is 12.7. The molecule has 0 heterocycles. The number of phenolic OH excluding ortho intramolecular Hbond substituents is 1. The molecule has 0 bridgehead atoms. The van der Waals surface area contributed by atoms with Gasteiger partial charge in [-0.1, -0.05) is 0 Å². The number of aliphatic imine (C=N–C) groups is 1. The van der Waals surface area contributed by atoms with E-state index in [0.717, 1.165) is 0 Å². The highest BCUT2D eigenvalue weighted by Crippen LogP contribution is 2.25. The number of phenols is 1. The highest BCUT2D eigenvalue weighted by Gasteiger charge is 2.12. The van der Waals surface area contributed by atoms with Crippen molar-refractivity contribution in [3.05, 3.63) is 64.0 Å². The predicted octanol–water partition coefficient (Wildman–Crippen LogP) is 3.19. The van der Waals surface area contributed by atoms with Crippen LogP contribution in [0.4, 0.5) is 15.8 Å². The summed E-state index contributed by atoms with van der Waals surface area (Å²) in [5.41, 5.74) is 0.606. The molecular weight excluding hydrogens is 251 g/mol. The van der Waals surface area contributed by atoms with Crippen LogP contribution in [0.5, 0.6) is 5.75 Å².